The van der Waals surface area contributed by atoms with Gasteiger partial charge in [0.05, 0.1) is 0 Å². The van der Waals surface area contributed by atoms with Gasteiger partial charge in [-0.05, 0) is 66.7 Å². The molecule has 2 heterocycles. The van der Waals surface area contributed by atoms with Crippen molar-refractivity contribution in [1.82, 2.24) is 15.0 Å². The molecular weight excluding hydrogens is 671 g/mol. The predicted molar refractivity (Wildman–Crippen MR) is 227 cm³/mol. The predicted octanol–water partition coefficient (Wildman–Crippen LogP) is 13.6. The molecule has 4 heteroatoms. The number of aromatic nitrogens is 3. The lowest BCUT2D eigenvalue weighted by molar-refractivity contribution is 0.669. The first kappa shape index (κ1) is 31.1. The molecule has 0 aliphatic heterocycles. The minimum absolute atomic E-state index is 0.604. The minimum atomic E-state index is 0.604. The van der Waals surface area contributed by atoms with E-state index in [1.165, 1.54) is 49.0 Å². The summed E-state index contributed by atoms with van der Waals surface area (Å²) in [7, 11) is 0. The molecule has 9 aromatic carbocycles. The van der Waals surface area contributed by atoms with Gasteiger partial charge >= 0.3 is 0 Å². The number of hydrogen-bond donors (Lipinski definition) is 0. The highest BCUT2D eigenvalue weighted by Crippen LogP contribution is 2.42. The van der Waals surface area contributed by atoms with Gasteiger partial charge in [0.15, 0.2) is 17.5 Å². The van der Waals surface area contributed by atoms with E-state index in [1.54, 1.807) is 0 Å². The number of nitrogens with zero attached hydrogens (tertiary/aromatic N) is 3. The molecule has 0 fully saturated rings. The highest BCUT2D eigenvalue weighted by molar-refractivity contribution is 6.23. The van der Waals surface area contributed by atoms with E-state index in [0.29, 0.717) is 17.5 Å². The highest BCUT2D eigenvalue weighted by atomic mass is 16.3. The quantitative estimate of drug-likeness (QED) is 0.168. The van der Waals surface area contributed by atoms with Gasteiger partial charge in [-0.1, -0.05) is 176 Å². The van der Waals surface area contributed by atoms with Gasteiger partial charge in [-0.25, -0.2) is 15.0 Å². The fraction of sp³-hybridized carbons (Fsp3) is 0. The lowest BCUT2D eigenvalue weighted by Gasteiger charge is -2.16. The normalized spacial score (nSPS) is 11.6. The summed E-state index contributed by atoms with van der Waals surface area (Å²) in [6.45, 7) is 0. The van der Waals surface area contributed by atoms with Crippen molar-refractivity contribution in [2.45, 2.75) is 0 Å². The Balaban J connectivity index is 1.08. The van der Waals surface area contributed by atoms with Crippen LogP contribution in [0.15, 0.2) is 192 Å². The first-order valence-corrected chi connectivity index (χ1v) is 18.5. The SMILES string of the molecule is c1ccc(-c2nc(-c3ccc(-c4ccc(-c5ccccc5)c5c4ccc4c6ccccc6ccc45)cc3)nc(-c3cccc4oc5ccccc5c34)n2)cc1. The van der Waals surface area contributed by atoms with Crippen molar-refractivity contribution in [2.24, 2.45) is 0 Å². The summed E-state index contributed by atoms with van der Waals surface area (Å²) >= 11 is 0. The number of rotatable bonds is 5. The zero-order chi connectivity index (χ0) is 36.3. The highest BCUT2D eigenvalue weighted by Gasteiger charge is 2.19. The number of fused-ring (bicyclic) bond motifs is 8. The lowest BCUT2D eigenvalue weighted by atomic mass is 9.88. The van der Waals surface area contributed by atoms with Gasteiger partial charge < -0.3 is 4.42 Å². The number of para-hydroxylation sites is 1. The average Bonchev–Trinajstić information content (AvgIpc) is 3.65. The van der Waals surface area contributed by atoms with Crippen LogP contribution in [-0.4, -0.2) is 15.0 Å². The Bertz CT molecular complexity index is 3240. The molecule has 11 rings (SSSR count). The molecule has 55 heavy (non-hydrogen) atoms. The molecule has 0 aliphatic rings. The first-order chi connectivity index (χ1) is 27.3. The molecule has 0 amide bonds. The van der Waals surface area contributed by atoms with Crippen molar-refractivity contribution < 1.29 is 4.42 Å². The number of hydrogen-bond acceptors (Lipinski definition) is 4. The Hall–Kier alpha value is -7.43. The van der Waals surface area contributed by atoms with E-state index in [0.717, 1.165) is 44.2 Å². The third kappa shape index (κ3) is 5.19. The molecule has 0 spiro atoms. The third-order valence-electron chi connectivity index (χ3n) is 10.8. The number of furan rings is 1. The molecular formula is C51H31N3O. The van der Waals surface area contributed by atoms with Crippen molar-refractivity contribution in [3.63, 3.8) is 0 Å². The van der Waals surface area contributed by atoms with E-state index in [2.05, 4.69) is 127 Å². The molecule has 256 valence electrons. The van der Waals surface area contributed by atoms with E-state index in [1.807, 2.05) is 60.7 Å². The van der Waals surface area contributed by atoms with Crippen LogP contribution < -0.4 is 0 Å². The Morgan fingerprint density at radius 3 is 1.64 bits per heavy atom. The van der Waals surface area contributed by atoms with Crippen LogP contribution in [0.1, 0.15) is 0 Å². The summed E-state index contributed by atoms with van der Waals surface area (Å²) in [5, 5.41) is 9.52. The smallest absolute Gasteiger partial charge is 0.164 e. The zero-order valence-electron chi connectivity index (χ0n) is 29.6. The second-order valence-electron chi connectivity index (χ2n) is 13.9. The van der Waals surface area contributed by atoms with Crippen LogP contribution in [0.5, 0.6) is 0 Å². The summed E-state index contributed by atoms with van der Waals surface area (Å²) in [6, 6.07) is 65.9. The maximum Gasteiger partial charge on any atom is 0.164 e. The van der Waals surface area contributed by atoms with E-state index in [4.69, 9.17) is 19.4 Å². The fourth-order valence-corrected chi connectivity index (χ4v) is 8.15. The average molecular weight is 702 g/mol. The van der Waals surface area contributed by atoms with Gasteiger partial charge in [0.2, 0.25) is 0 Å². The van der Waals surface area contributed by atoms with E-state index >= 15 is 0 Å². The maximum absolute atomic E-state index is 6.23. The van der Waals surface area contributed by atoms with Crippen LogP contribution in [0.2, 0.25) is 0 Å². The van der Waals surface area contributed by atoms with Crippen molar-refractivity contribution in [3.05, 3.63) is 188 Å². The van der Waals surface area contributed by atoms with Crippen molar-refractivity contribution in [2.75, 3.05) is 0 Å². The van der Waals surface area contributed by atoms with Gasteiger partial charge in [-0.3, -0.25) is 0 Å². The van der Waals surface area contributed by atoms with Crippen LogP contribution in [0.4, 0.5) is 0 Å². The second-order valence-corrected chi connectivity index (χ2v) is 13.9. The Kier molecular flexibility index (Phi) is 7.14. The Morgan fingerprint density at radius 1 is 0.273 bits per heavy atom. The molecule has 4 nitrogen and oxygen atoms in total. The number of benzene rings is 9. The van der Waals surface area contributed by atoms with Gasteiger partial charge in [0.25, 0.3) is 0 Å². The lowest BCUT2D eigenvalue weighted by Crippen LogP contribution is -2.00. The van der Waals surface area contributed by atoms with Gasteiger partial charge in [0, 0.05) is 27.5 Å². The van der Waals surface area contributed by atoms with Gasteiger partial charge in [-0.2, -0.15) is 0 Å². The van der Waals surface area contributed by atoms with Crippen LogP contribution in [0, 0.1) is 0 Å². The summed E-state index contributed by atoms with van der Waals surface area (Å²) in [5.74, 6) is 1.84. The molecule has 0 saturated carbocycles. The Morgan fingerprint density at radius 2 is 0.836 bits per heavy atom. The van der Waals surface area contributed by atoms with E-state index in [9.17, 15) is 0 Å². The molecule has 0 unspecified atom stereocenters. The second kappa shape index (κ2) is 12.6. The monoisotopic (exact) mass is 701 g/mol. The maximum atomic E-state index is 6.23. The van der Waals surface area contributed by atoms with Crippen molar-refractivity contribution >= 4 is 54.3 Å². The fourth-order valence-electron chi connectivity index (χ4n) is 8.15. The topological polar surface area (TPSA) is 51.8 Å². The minimum Gasteiger partial charge on any atom is -0.456 e. The zero-order valence-corrected chi connectivity index (χ0v) is 29.6. The van der Waals surface area contributed by atoms with Gasteiger partial charge in [0.1, 0.15) is 11.2 Å². The van der Waals surface area contributed by atoms with Crippen molar-refractivity contribution in [3.8, 4) is 56.4 Å². The van der Waals surface area contributed by atoms with Crippen LogP contribution in [-0.2, 0) is 0 Å². The molecule has 11 aromatic rings. The summed E-state index contributed by atoms with van der Waals surface area (Å²) in [6.07, 6.45) is 0. The Labute approximate surface area is 317 Å². The van der Waals surface area contributed by atoms with Gasteiger partial charge in [-0.15, -0.1) is 0 Å². The molecule has 0 atom stereocenters. The van der Waals surface area contributed by atoms with Crippen LogP contribution >= 0.6 is 0 Å². The molecule has 0 bridgehead atoms. The van der Waals surface area contributed by atoms with Crippen LogP contribution in [0.25, 0.3) is 111 Å². The molecule has 0 saturated heterocycles. The first-order valence-electron chi connectivity index (χ1n) is 18.5. The molecule has 0 aliphatic carbocycles. The molecule has 0 radical (unpaired) electrons. The largest absolute Gasteiger partial charge is 0.456 e. The third-order valence-corrected chi connectivity index (χ3v) is 10.8. The molecule has 0 N–H and O–H groups in total. The van der Waals surface area contributed by atoms with Crippen molar-refractivity contribution in [1.29, 1.82) is 0 Å². The standard InChI is InChI=1S/C51H31N3O/c1-3-12-32(13-4-1)39-29-28-38(41-31-30-40-37-17-8-7-14-33(37)26-27-42(40)47(39)41)34-22-24-36(25-23-34)50-52-49(35-15-5-2-6-16-35)53-51(54-50)44-19-11-21-46-48(44)43-18-9-10-20-45(43)55-46/h1-31H. The van der Waals surface area contributed by atoms with E-state index in [-0.39, 0.29) is 0 Å². The summed E-state index contributed by atoms with van der Waals surface area (Å²) in [4.78, 5) is 15.2. The molecule has 2 aromatic heterocycles. The summed E-state index contributed by atoms with van der Waals surface area (Å²) < 4.78 is 6.23. The van der Waals surface area contributed by atoms with Crippen LogP contribution in [0.3, 0.4) is 0 Å². The van der Waals surface area contributed by atoms with E-state index < -0.39 is 0 Å². The summed E-state index contributed by atoms with van der Waals surface area (Å²) in [5.41, 5.74) is 9.12.